The molecule has 34 heavy (non-hydrogen) atoms. The number of amides is 1. The highest BCUT2D eigenvalue weighted by Crippen LogP contribution is 2.38. The van der Waals surface area contributed by atoms with Crippen molar-refractivity contribution >= 4 is 28.2 Å². The number of hydrogen-bond acceptors (Lipinski definition) is 7. The first-order chi connectivity index (χ1) is 16.4. The maximum atomic E-state index is 12.3. The Hall–Kier alpha value is -3.36. The van der Waals surface area contributed by atoms with Crippen LogP contribution in [-0.4, -0.2) is 41.9 Å². The Morgan fingerprint density at radius 1 is 1.15 bits per heavy atom. The number of carbonyl (C=O) groups is 1. The summed E-state index contributed by atoms with van der Waals surface area (Å²) in [7, 11) is 0. The molecule has 182 valence electrons. The van der Waals surface area contributed by atoms with Gasteiger partial charge in [-0.15, -0.1) is 0 Å². The van der Waals surface area contributed by atoms with Gasteiger partial charge in [-0.25, -0.2) is 0 Å². The fraction of sp³-hybridized carbons (Fsp3) is 0.385. The number of nitrogens with zero attached hydrogens (tertiary/aromatic N) is 1. The smallest absolute Gasteiger partial charge is 0.252 e. The number of anilines is 2. The average molecular weight is 467 g/mol. The molecule has 3 rings (SSSR count). The summed E-state index contributed by atoms with van der Waals surface area (Å²) in [5.74, 6) is 0.606. The number of rotatable bonds is 12. The molecule has 0 saturated carbocycles. The molecule has 3 aromatic rings. The van der Waals surface area contributed by atoms with Crippen LogP contribution in [0, 0.1) is 0 Å². The zero-order valence-electron chi connectivity index (χ0n) is 20.3. The molecule has 8 heteroatoms. The minimum atomic E-state index is -0.573. The van der Waals surface area contributed by atoms with Crippen molar-refractivity contribution in [2.45, 2.75) is 46.8 Å². The maximum absolute atomic E-state index is 12.3. The molecule has 1 aromatic heterocycles. The van der Waals surface area contributed by atoms with Gasteiger partial charge in [0.1, 0.15) is 0 Å². The Morgan fingerprint density at radius 3 is 2.47 bits per heavy atom. The molecule has 0 aliphatic carbocycles. The Morgan fingerprint density at radius 2 is 1.85 bits per heavy atom. The Labute approximate surface area is 200 Å². The van der Waals surface area contributed by atoms with E-state index in [1.54, 1.807) is 6.92 Å². The van der Waals surface area contributed by atoms with Crippen LogP contribution in [0.3, 0.4) is 0 Å². The van der Waals surface area contributed by atoms with Crippen LogP contribution in [0.5, 0.6) is 11.5 Å². The number of nitrogens with one attached hydrogen (secondary N) is 2. The number of carbonyl (C=O) groups excluding carboxylic acids is 1. The van der Waals surface area contributed by atoms with E-state index >= 15 is 0 Å². The molecule has 0 aliphatic heterocycles. The third-order valence-corrected chi connectivity index (χ3v) is 5.44. The highest BCUT2D eigenvalue weighted by Gasteiger charge is 2.18. The summed E-state index contributed by atoms with van der Waals surface area (Å²) in [4.78, 5) is 16.8. The minimum absolute atomic E-state index is 0.291. The third kappa shape index (κ3) is 5.76. The first-order valence-corrected chi connectivity index (χ1v) is 11.7. The molecule has 0 bridgehead atoms. The first-order valence-electron chi connectivity index (χ1n) is 11.7. The number of benzene rings is 2. The van der Waals surface area contributed by atoms with Crippen LogP contribution >= 0.6 is 0 Å². The number of aliphatic hydroxyl groups is 1. The van der Waals surface area contributed by atoms with Gasteiger partial charge in [0.15, 0.2) is 11.5 Å². The lowest BCUT2D eigenvalue weighted by Crippen LogP contribution is -2.24. The second kappa shape index (κ2) is 11.7. The van der Waals surface area contributed by atoms with Crippen LogP contribution in [-0.2, 0) is 13.0 Å². The topological polar surface area (TPSA) is 119 Å². The number of aliphatic hydroxyl groups excluding tert-OH is 1. The molecule has 2 aromatic carbocycles. The van der Waals surface area contributed by atoms with Gasteiger partial charge in [-0.3, -0.25) is 9.78 Å². The van der Waals surface area contributed by atoms with Crippen molar-refractivity contribution in [3.63, 3.8) is 0 Å². The number of hydrogen-bond donors (Lipinski definition) is 4. The van der Waals surface area contributed by atoms with Gasteiger partial charge in [-0.1, -0.05) is 19.1 Å². The van der Waals surface area contributed by atoms with Crippen molar-refractivity contribution in [2.24, 2.45) is 5.73 Å². The van der Waals surface area contributed by atoms with Crippen molar-refractivity contribution in [1.82, 2.24) is 10.3 Å². The van der Waals surface area contributed by atoms with Crippen LogP contribution in [0.25, 0.3) is 10.9 Å². The molecule has 1 atom stereocenters. The standard InChI is InChI=1S/C26H34N4O4/c1-5-18-17(14-28-13-16(4)31)9-8-10-21(18)30-25-19-11-23(33-6-2)24(34-7-3)12-22(19)29-15-20(25)26(27)32/h8-12,15-16,28,31H,5-7,13-14H2,1-4H3,(H2,27,32)(H,29,30). The van der Waals surface area contributed by atoms with Gasteiger partial charge in [-0.2, -0.15) is 0 Å². The van der Waals surface area contributed by atoms with E-state index in [2.05, 4.69) is 28.6 Å². The van der Waals surface area contributed by atoms with Crippen LogP contribution in [0.4, 0.5) is 11.4 Å². The SMILES string of the molecule is CCOc1cc2ncc(C(N)=O)c(Nc3cccc(CNCC(C)O)c3CC)c2cc1OCC. The van der Waals surface area contributed by atoms with Crippen molar-refractivity contribution in [1.29, 1.82) is 0 Å². The van der Waals surface area contributed by atoms with E-state index < -0.39 is 12.0 Å². The van der Waals surface area contributed by atoms with Crippen molar-refractivity contribution < 1.29 is 19.4 Å². The van der Waals surface area contributed by atoms with Crippen LogP contribution < -0.4 is 25.8 Å². The summed E-state index contributed by atoms with van der Waals surface area (Å²) in [6.07, 6.45) is 1.85. The number of aromatic nitrogens is 1. The van der Waals surface area contributed by atoms with Gasteiger partial charge in [0.2, 0.25) is 0 Å². The van der Waals surface area contributed by atoms with Gasteiger partial charge in [0, 0.05) is 36.4 Å². The molecular formula is C26H34N4O4. The van der Waals surface area contributed by atoms with Crippen LogP contribution in [0.1, 0.15) is 49.2 Å². The predicted octanol–water partition coefficient (Wildman–Crippen LogP) is 3.91. The Balaban J connectivity index is 2.12. The maximum Gasteiger partial charge on any atom is 0.252 e. The Bertz CT molecular complexity index is 1150. The number of primary amides is 1. The van der Waals surface area contributed by atoms with Gasteiger partial charge in [-0.05, 0) is 50.5 Å². The number of pyridine rings is 1. The number of fused-ring (bicyclic) bond motifs is 1. The second-order valence-electron chi connectivity index (χ2n) is 7.99. The van der Waals surface area contributed by atoms with Crippen molar-refractivity contribution in [3.8, 4) is 11.5 Å². The van der Waals surface area contributed by atoms with E-state index in [1.165, 1.54) is 6.20 Å². The largest absolute Gasteiger partial charge is 0.490 e. The summed E-state index contributed by atoms with van der Waals surface area (Å²) in [5.41, 5.74) is 10.3. The van der Waals surface area contributed by atoms with E-state index in [4.69, 9.17) is 15.2 Å². The van der Waals surface area contributed by atoms with E-state index in [-0.39, 0.29) is 0 Å². The minimum Gasteiger partial charge on any atom is -0.490 e. The lowest BCUT2D eigenvalue weighted by Gasteiger charge is -2.19. The zero-order chi connectivity index (χ0) is 24.7. The quantitative estimate of drug-likeness (QED) is 0.320. The molecule has 1 unspecified atom stereocenters. The summed E-state index contributed by atoms with van der Waals surface area (Å²) in [5, 5.41) is 17.0. The molecular weight excluding hydrogens is 432 g/mol. The molecule has 0 fully saturated rings. The normalized spacial score (nSPS) is 11.9. The molecule has 0 saturated heterocycles. The summed E-state index contributed by atoms with van der Waals surface area (Å²) >= 11 is 0. The predicted molar refractivity (Wildman–Crippen MR) is 135 cm³/mol. The second-order valence-corrected chi connectivity index (χ2v) is 7.99. The fourth-order valence-electron chi connectivity index (χ4n) is 3.94. The van der Waals surface area contributed by atoms with Crippen LogP contribution in [0.15, 0.2) is 36.5 Å². The Kier molecular flexibility index (Phi) is 8.67. The summed E-state index contributed by atoms with van der Waals surface area (Å²) in [6, 6.07) is 9.65. The molecule has 8 nitrogen and oxygen atoms in total. The van der Waals surface area contributed by atoms with Gasteiger partial charge in [0.05, 0.1) is 36.1 Å². The van der Waals surface area contributed by atoms with E-state index in [0.717, 1.165) is 23.2 Å². The summed E-state index contributed by atoms with van der Waals surface area (Å²) < 4.78 is 11.5. The molecule has 0 radical (unpaired) electrons. The molecule has 1 heterocycles. The van der Waals surface area contributed by atoms with Gasteiger partial charge in [0.25, 0.3) is 5.91 Å². The van der Waals surface area contributed by atoms with Gasteiger partial charge >= 0.3 is 0 Å². The van der Waals surface area contributed by atoms with E-state index in [1.807, 2.05) is 38.1 Å². The van der Waals surface area contributed by atoms with Gasteiger partial charge < -0.3 is 30.9 Å². The highest BCUT2D eigenvalue weighted by atomic mass is 16.5. The first kappa shape index (κ1) is 25.3. The number of ether oxygens (including phenoxy) is 2. The summed E-state index contributed by atoms with van der Waals surface area (Å²) in [6.45, 7) is 9.73. The fourth-order valence-corrected chi connectivity index (χ4v) is 3.94. The number of nitrogens with two attached hydrogens (primary N) is 1. The third-order valence-electron chi connectivity index (χ3n) is 5.44. The van der Waals surface area contributed by atoms with E-state index in [9.17, 15) is 9.90 Å². The lowest BCUT2D eigenvalue weighted by atomic mass is 10.0. The molecule has 5 N–H and O–H groups in total. The molecule has 0 aliphatic rings. The molecule has 0 spiro atoms. The zero-order valence-corrected chi connectivity index (χ0v) is 20.3. The average Bonchev–Trinajstić information content (AvgIpc) is 2.80. The van der Waals surface area contributed by atoms with Crippen molar-refractivity contribution in [2.75, 3.05) is 25.1 Å². The molecule has 1 amide bonds. The van der Waals surface area contributed by atoms with Crippen molar-refractivity contribution in [3.05, 3.63) is 53.2 Å². The van der Waals surface area contributed by atoms with E-state index in [0.29, 0.717) is 60.0 Å². The highest BCUT2D eigenvalue weighted by molar-refractivity contribution is 6.08. The monoisotopic (exact) mass is 466 g/mol. The lowest BCUT2D eigenvalue weighted by molar-refractivity contribution is 0.100. The van der Waals surface area contributed by atoms with Crippen LogP contribution in [0.2, 0.25) is 0 Å².